The number of aromatic nitrogens is 2. The van der Waals surface area contributed by atoms with Crippen LogP contribution in [0, 0.1) is 6.92 Å². The lowest BCUT2D eigenvalue weighted by molar-refractivity contribution is 0.737. The monoisotopic (exact) mass is 224 g/mol. The summed E-state index contributed by atoms with van der Waals surface area (Å²) in [5.41, 5.74) is 4.77. The van der Waals surface area contributed by atoms with Crippen LogP contribution in [0.5, 0.6) is 0 Å². The number of nitrogens with zero attached hydrogens (tertiary/aromatic N) is 3. The van der Waals surface area contributed by atoms with Crippen LogP contribution in [0.15, 0.2) is 11.2 Å². The Balaban J connectivity index is 2.59. The van der Waals surface area contributed by atoms with Crippen molar-refractivity contribution >= 4 is 5.96 Å². The van der Waals surface area contributed by atoms with E-state index >= 15 is 0 Å². The molecule has 0 aliphatic heterocycles. The van der Waals surface area contributed by atoms with E-state index in [0.717, 1.165) is 24.2 Å². The number of nitrogens with one attached hydrogen (secondary N) is 2. The fourth-order valence-electron chi connectivity index (χ4n) is 1.26. The first kappa shape index (κ1) is 12.5. The molecular formula is C10H20N6. The van der Waals surface area contributed by atoms with E-state index in [1.54, 1.807) is 0 Å². The molecule has 0 saturated carbocycles. The molecule has 0 aromatic carbocycles. The third-order valence-electron chi connectivity index (χ3n) is 2.42. The molecule has 4 N–H and O–H groups in total. The van der Waals surface area contributed by atoms with Gasteiger partial charge in [-0.3, -0.25) is 10.1 Å². The molecule has 1 aromatic rings. The zero-order chi connectivity index (χ0) is 12.0. The minimum absolute atomic E-state index is 0.579. The van der Waals surface area contributed by atoms with E-state index < -0.39 is 0 Å². The molecule has 0 radical (unpaired) electrons. The maximum atomic E-state index is 5.36. The lowest BCUT2D eigenvalue weighted by Gasteiger charge is -2.07. The largest absolute Gasteiger partial charge is 0.355 e. The predicted molar refractivity (Wildman–Crippen MR) is 64.7 cm³/mol. The number of hydrogen-bond acceptors (Lipinski definition) is 3. The number of hydrazine groups is 1. The fraction of sp³-hybridized carbons (Fsp3) is 0.600. The molecule has 0 fully saturated rings. The molecule has 6 heteroatoms. The Kier molecular flexibility index (Phi) is 4.78. The topological polar surface area (TPSA) is 80.3 Å². The molecule has 0 spiro atoms. The summed E-state index contributed by atoms with van der Waals surface area (Å²) in [5, 5.41) is 7.26. The van der Waals surface area contributed by atoms with Gasteiger partial charge in [0.05, 0.1) is 12.7 Å². The standard InChI is InChI=1S/C10H20N6/c1-4-5-12-10(15-11)13-6-9-7-14-16(3)8(9)2/h7H,4-6,11H2,1-3H3,(H2,12,13,15). The van der Waals surface area contributed by atoms with Gasteiger partial charge in [-0.05, 0) is 13.3 Å². The molecule has 0 aliphatic carbocycles. The van der Waals surface area contributed by atoms with Crippen LogP contribution in [0.4, 0.5) is 0 Å². The Morgan fingerprint density at radius 2 is 2.38 bits per heavy atom. The molecule has 6 nitrogen and oxygen atoms in total. The number of rotatable bonds is 4. The second kappa shape index (κ2) is 6.12. The van der Waals surface area contributed by atoms with Crippen LogP contribution in [0.25, 0.3) is 0 Å². The van der Waals surface area contributed by atoms with E-state index in [0.29, 0.717) is 12.5 Å². The van der Waals surface area contributed by atoms with Gasteiger partial charge in [0.2, 0.25) is 5.96 Å². The van der Waals surface area contributed by atoms with Gasteiger partial charge in [-0.15, -0.1) is 0 Å². The van der Waals surface area contributed by atoms with Crippen LogP contribution in [0.2, 0.25) is 0 Å². The molecule has 0 amide bonds. The van der Waals surface area contributed by atoms with Gasteiger partial charge in [0.25, 0.3) is 0 Å². The molecule has 0 unspecified atom stereocenters. The maximum Gasteiger partial charge on any atom is 0.206 e. The second-order valence-electron chi connectivity index (χ2n) is 3.61. The minimum atomic E-state index is 0.579. The summed E-state index contributed by atoms with van der Waals surface area (Å²) in [4.78, 5) is 4.34. The average Bonchev–Trinajstić information content (AvgIpc) is 2.61. The van der Waals surface area contributed by atoms with Crippen LogP contribution in [-0.4, -0.2) is 22.3 Å². The van der Waals surface area contributed by atoms with Crippen molar-refractivity contribution < 1.29 is 0 Å². The van der Waals surface area contributed by atoms with Crippen LogP contribution >= 0.6 is 0 Å². The van der Waals surface area contributed by atoms with Crippen LogP contribution < -0.4 is 16.6 Å². The van der Waals surface area contributed by atoms with Gasteiger partial charge in [-0.25, -0.2) is 10.8 Å². The van der Waals surface area contributed by atoms with Crippen molar-refractivity contribution in [2.24, 2.45) is 17.9 Å². The molecule has 1 heterocycles. The van der Waals surface area contributed by atoms with Crippen molar-refractivity contribution in [3.63, 3.8) is 0 Å². The second-order valence-corrected chi connectivity index (χ2v) is 3.61. The van der Waals surface area contributed by atoms with Gasteiger partial charge in [0.15, 0.2) is 0 Å². The Labute approximate surface area is 95.9 Å². The van der Waals surface area contributed by atoms with E-state index in [9.17, 15) is 0 Å². The lowest BCUT2D eigenvalue weighted by atomic mass is 10.3. The summed E-state index contributed by atoms with van der Waals surface area (Å²) in [7, 11) is 1.92. The van der Waals surface area contributed by atoms with Crippen molar-refractivity contribution in [2.45, 2.75) is 26.8 Å². The summed E-state index contributed by atoms with van der Waals surface area (Å²) >= 11 is 0. The number of hydrogen-bond donors (Lipinski definition) is 3. The fourth-order valence-corrected chi connectivity index (χ4v) is 1.26. The number of aryl methyl sites for hydroxylation is 1. The highest BCUT2D eigenvalue weighted by molar-refractivity contribution is 5.79. The first-order valence-electron chi connectivity index (χ1n) is 5.41. The zero-order valence-corrected chi connectivity index (χ0v) is 10.1. The average molecular weight is 224 g/mol. The highest BCUT2D eigenvalue weighted by atomic mass is 15.3. The van der Waals surface area contributed by atoms with E-state index in [2.05, 4.69) is 27.8 Å². The van der Waals surface area contributed by atoms with Crippen molar-refractivity contribution in [1.82, 2.24) is 20.5 Å². The highest BCUT2D eigenvalue weighted by Crippen LogP contribution is 2.06. The third-order valence-corrected chi connectivity index (χ3v) is 2.42. The summed E-state index contributed by atoms with van der Waals surface area (Å²) in [6.45, 7) is 5.55. The molecule has 16 heavy (non-hydrogen) atoms. The molecule has 0 bridgehead atoms. The smallest absolute Gasteiger partial charge is 0.206 e. The molecule has 0 saturated heterocycles. The van der Waals surface area contributed by atoms with Gasteiger partial charge >= 0.3 is 0 Å². The normalized spacial score (nSPS) is 11.6. The number of nitrogens with two attached hydrogens (primary N) is 1. The Hall–Kier alpha value is -1.56. The van der Waals surface area contributed by atoms with Crippen molar-refractivity contribution in [2.75, 3.05) is 6.54 Å². The zero-order valence-electron chi connectivity index (χ0n) is 10.1. The summed E-state index contributed by atoms with van der Waals surface area (Å²) in [6, 6.07) is 0. The third kappa shape index (κ3) is 3.23. The van der Waals surface area contributed by atoms with Crippen molar-refractivity contribution in [3.8, 4) is 0 Å². The van der Waals surface area contributed by atoms with E-state index in [1.165, 1.54) is 0 Å². The Morgan fingerprint density at radius 3 is 2.88 bits per heavy atom. The highest BCUT2D eigenvalue weighted by Gasteiger charge is 2.02. The Morgan fingerprint density at radius 1 is 1.62 bits per heavy atom. The minimum Gasteiger partial charge on any atom is -0.355 e. The summed E-state index contributed by atoms with van der Waals surface area (Å²) < 4.78 is 1.83. The van der Waals surface area contributed by atoms with Gasteiger partial charge in [0, 0.05) is 24.8 Å². The van der Waals surface area contributed by atoms with Gasteiger partial charge in [0.1, 0.15) is 0 Å². The van der Waals surface area contributed by atoms with Gasteiger partial charge < -0.3 is 5.32 Å². The van der Waals surface area contributed by atoms with Crippen LogP contribution in [-0.2, 0) is 13.6 Å². The summed E-state index contributed by atoms with van der Waals surface area (Å²) in [5.74, 6) is 5.97. The molecule has 1 aromatic heterocycles. The van der Waals surface area contributed by atoms with E-state index in [-0.39, 0.29) is 0 Å². The number of guanidine groups is 1. The summed E-state index contributed by atoms with van der Waals surface area (Å²) in [6.07, 6.45) is 2.86. The van der Waals surface area contributed by atoms with Gasteiger partial charge in [-0.2, -0.15) is 5.10 Å². The first-order chi connectivity index (χ1) is 7.69. The lowest BCUT2D eigenvalue weighted by Crippen LogP contribution is -2.41. The molecular weight excluding hydrogens is 204 g/mol. The van der Waals surface area contributed by atoms with Crippen molar-refractivity contribution in [3.05, 3.63) is 17.5 Å². The Bertz CT molecular complexity index is 354. The van der Waals surface area contributed by atoms with E-state index in [4.69, 9.17) is 5.84 Å². The molecule has 0 aliphatic rings. The predicted octanol–water partition coefficient (Wildman–Crippen LogP) is 0.0474. The first-order valence-corrected chi connectivity index (χ1v) is 5.41. The van der Waals surface area contributed by atoms with Crippen molar-refractivity contribution in [1.29, 1.82) is 0 Å². The quantitative estimate of drug-likeness (QED) is 0.292. The maximum absolute atomic E-state index is 5.36. The molecule has 0 atom stereocenters. The number of aliphatic imine (C=N–C) groups is 1. The molecule has 90 valence electrons. The van der Waals surface area contributed by atoms with Crippen LogP contribution in [0.3, 0.4) is 0 Å². The van der Waals surface area contributed by atoms with E-state index in [1.807, 2.05) is 24.9 Å². The SMILES string of the molecule is CCCNC(=NCc1cnn(C)c1C)NN. The van der Waals surface area contributed by atoms with Crippen LogP contribution in [0.1, 0.15) is 24.6 Å². The van der Waals surface area contributed by atoms with Gasteiger partial charge in [-0.1, -0.05) is 6.92 Å². The molecule has 1 rings (SSSR count).